The fraction of sp³-hybridized carbons (Fsp3) is 0.333. The molecule has 152 valence electrons. The lowest BCUT2D eigenvalue weighted by Crippen LogP contribution is -2.21. The number of halogens is 3. The maximum absolute atomic E-state index is 9.37. The fourth-order valence-electron chi connectivity index (χ4n) is 2.61. The van der Waals surface area contributed by atoms with Crippen molar-refractivity contribution >= 4 is 34.8 Å². The van der Waals surface area contributed by atoms with Crippen molar-refractivity contribution in [1.82, 2.24) is 0 Å². The first-order valence-electron chi connectivity index (χ1n) is 8.69. The van der Waals surface area contributed by atoms with Gasteiger partial charge in [-0.25, -0.2) is 0 Å². The summed E-state index contributed by atoms with van der Waals surface area (Å²) >= 11 is 18.3. The maximum Gasteiger partial charge on any atom is 0.156 e. The maximum atomic E-state index is 9.37. The van der Waals surface area contributed by atoms with Crippen LogP contribution in [0, 0.1) is 0 Å². The van der Waals surface area contributed by atoms with E-state index in [1.54, 1.807) is 6.08 Å². The van der Waals surface area contributed by atoms with E-state index in [4.69, 9.17) is 49.4 Å². The highest BCUT2D eigenvalue weighted by atomic mass is 35.5. The molecule has 0 radical (unpaired) electrons. The average Bonchev–Trinajstić information content (AvgIpc) is 2.68. The van der Waals surface area contributed by atoms with Crippen molar-refractivity contribution in [2.75, 3.05) is 19.8 Å². The Kier molecular flexibility index (Phi) is 8.47. The number of rotatable bonds is 9. The molecule has 7 heteroatoms. The Bertz CT molecular complexity index is 781. The van der Waals surface area contributed by atoms with Crippen LogP contribution in [0.2, 0.25) is 10.0 Å². The lowest BCUT2D eigenvalue weighted by Gasteiger charge is -2.27. The minimum Gasteiger partial charge on any atom is -0.491 e. The highest BCUT2D eigenvalue weighted by Crippen LogP contribution is 2.40. The number of aliphatic hydroxyl groups is 2. The molecule has 2 N–H and O–H groups in total. The lowest BCUT2D eigenvalue weighted by atomic mass is 9.78. The average molecular weight is 446 g/mol. The molecule has 4 nitrogen and oxygen atoms in total. The van der Waals surface area contributed by atoms with Crippen molar-refractivity contribution in [2.45, 2.75) is 25.4 Å². The van der Waals surface area contributed by atoms with Gasteiger partial charge in [0.15, 0.2) is 5.75 Å². The summed E-state index contributed by atoms with van der Waals surface area (Å²) in [4.78, 5) is 0. The van der Waals surface area contributed by atoms with Crippen LogP contribution in [0.1, 0.15) is 25.0 Å². The molecule has 0 aliphatic carbocycles. The normalized spacial score (nSPS) is 13.0. The van der Waals surface area contributed by atoms with E-state index in [1.165, 1.54) is 5.54 Å². The molecule has 0 aromatic heterocycles. The first-order valence-corrected chi connectivity index (χ1v) is 9.88. The number of benzene rings is 2. The standard InChI is InChI=1S/C21H23Cl3O4/c1-21(2,14-4-6-17(7-5-14)28-13-16(26)12-25)15-10-18(23)20(19(24)11-15)27-9-3-8-22/h3-8,10-11,16,25-26H,9,12-13H2,1-2H3/b8-3+/t16-/m1/s1. The predicted molar refractivity (Wildman–Crippen MR) is 114 cm³/mol. The fourth-order valence-corrected chi connectivity index (χ4v) is 3.27. The van der Waals surface area contributed by atoms with Gasteiger partial charge in [-0.05, 0) is 41.5 Å². The van der Waals surface area contributed by atoms with Crippen LogP contribution in [0.5, 0.6) is 11.5 Å². The monoisotopic (exact) mass is 444 g/mol. The van der Waals surface area contributed by atoms with Crippen LogP contribution in [0.15, 0.2) is 48.0 Å². The van der Waals surface area contributed by atoms with Crippen molar-refractivity contribution in [3.05, 3.63) is 69.2 Å². The Balaban J connectivity index is 2.21. The van der Waals surface area contributed by atoms with Gasteiger partial charge in [0.1, 0.15) is 25.1 Å². The number of hydrogen-bond donors (Lipinski definition) is 2. The highest BCUT2D eigenvalue weighted by Gasteiger charge is 2.25. The Morgan fingerprint density at radius 1 is 1.04 bits per heavy atom. The third kappa shape index (κ3) is 5.79. The summed E-state index contributed by atoms with van der Waals surface area (Å²) in [7, 11) is 0. The zero-order valence-corrected chi connectivity index (χ0v) is 17.9. The smallest absolute Gasteiger partial charge is 0.156 e. The molecule has 0 saturated carbocycles. The summed E-state index contributed by atoms with van der Waals surface area (Å²) in [5.74, 6) is 1.03. The van der Waals surface area contributed by atoms with Gasteiger partial charge in [0.2, 0.25) is 0 Å². The molecule has 0 amide bonds. The molecular weight excluding hydrogens is 423 g/mol. The van der Waals surface area contributed by atoms with Crippen LogP contribution >= 0.6 is 34.8 Å². The van der Waals surface area contributed by atoms with E-state index in [-0.39, 0.29) is 25.2 Å². The van der Waals surface area contributed by atoms with Gasteiger partial charge in [-0.15, -0.1) is 0 Å². The molecule has 0 aliphatic rings. The van der Waals surface area contributed by atoms with Crippen molar-refractivity contribution in [3.63, 3.8) is 0 Å². The number of ether oxygens (including phenoxy) is 2. The van der Waals surface area contributed by atoms with Gasteiger partial charge >= 0.3 is 0 Å². The van der Waals surface area contributed by atoms with Crippen molar-refractivity contribution in [3.8, 4) is 11.5 Å². The van der Waals surface area contributed by atoms with E-state index < -0.39 is 6.10 Å². The quantitative estimate of drug-likeness (QED) is 0.558. The van der Waals surface area contributed by atoms with Crippen LogP contribution in [0.4, 0.5) is 0 Å². The molecule has 1 atom stereocenters. The first-order chi connectivity index (χ1) is 13.3. The lowest BCUT2D eigenvalue weighted by molar-refractivity contribution is 0.0536. The predicted octanol–water partition coefficient (Wildman–Crippen LogP) is 5.18. The number of hydrogen-bond acceptors (Lipinski definition) is 4. The van der Waals surface area contributed by atoms with Gasteiger partial charge in [-0.2, -0.15) is 0 Å². The van der Waals surface area contributed by atoms with Gasteiger partial charge in [0, 0.05) is 11.0 Å². The van der Waals surface area contributed by atoms with Crippen LogP contribution in [0.25, 0.3) is 0 Å². The zero-order valence-electron chi connectivity index (χ0n) is 15.7. The summed E-state index contributed by atoms with van der Waals surface area (Å²) < 4.78 is 11.0. The summed E-state index contributed by atoms with van der Waals surface area (Å²) in [6.45, 7) is 4.10. The molecule has 0 aliphatic heterocycles. The molecule has 0 unspecified atom stereocenters. The van der Waals surface area contributed by atoms with Crippen LogP contribution < -0.4 is 9.47 Å². The van der Waals surface area contributed by atoms with E-state index in [2.05, 4.69) is 13.8 Å². The molecule has 2 rings (SSSR count). The van der Waals surface area contributed by atoms with E-state index in [1.807, 2.05) is 36.4 Å². The minimum absolute atomic E-state index is 0.0326. The topological polar surface area (TPSA) is 58.9 Å². The van der Waals surface area contributed by atoms with Crippen LogP contribution in [0.3, 0.4) is 0 Å². The second-order valence-electron chi connectivity index (χ2n) is 6.74. The summed E-state index contributed by atoms with van der Waals surface area (Å²) in [5, 5.41) is 19.1. The van der Waals surface area contributed by atoms with Crippen LogP contribution in [-0.4, -0.2) is 36.1 Å². The molecule has 0 fully saturated rings. The van der Waals surface area contributed by atoms with Crippen molar-refractivity contribution in [2.24, 2.45) is 0 Å². The Labute approximate surface area is 180 Å². The second kappa shape index (κ2) is 10.4. The summed E-state index contributed by atoms with van der Waals surface area (Å²) in [6, 6.07) is 11.2. The Morgan fingerprint density at radius 3 is 2.18 bits per heavy atom. The molecule has 2 aromatic rings. The highest BCUT2D eigenvalue weighted by molar-refractivity contribution is 6.37. The van der Waals surface area contributed by atoms with E-state index >= 15 is 0 Å². The molecular formula is C21H23Cl3O4. The largest absolute Gasteiger partial charge is 0.491 e. The van der Waals surface area contributed by atoms with Gasteiger partial charge in [0.25, 0.3) is 0 Å². The van der Waals surface area contributed by atoms with E-state index in [0.717, 1.165) is 11.1 Å². The molecule has 2 aromatic carbocycles. The van der Waals surface area contributed by atoms with Gasteiger partial charge in [0.05, 0.1) is 16.7 Å². The van der Waals surface area contributed by atoms with Gasteiger partial charge < -0.3 is 19.7 Å². The van der Waals surface area contributed by atoms with Crippen LogP contribution in [-0.2, 0) is 5.41 Å². The van der Waals surface area contributed by atoms with Gasteiger partial charge in [-0.3, -0.25) is 0 Å². The molecule has 0 heterocycles. The molecule has 0 spiro atoms. The van der Waals surface area contributed by atoms with Crippen molar-refractivity contribution < 1.29 is 19.7 Å². The molecule has 0 bridgehead atoms. The summed E-state index contributed by atoms with van der Waals surface area (Å²) in [6.07, 6.45) is 0.746. The van der Waals surface area contributed by atoms with E-state index in [9.17, 15) is 5.11 Å². The molecule has 0 saturated heterocycles. The third-order valence-electron chi connectivity index (χ3n) is 4.36. The SMILES string of the molecule is CC(C)(c1ccc(OC[C@H](O)CO)cc1)c1cc(Cl)c(OC/C=C/Cl)c(Cl)c1. The first kappa shape index (κ1) is 22.9. The zero-order chi connectivity index (χ0) is 20.7. The summed E-state index contributed by atoms with van der Waals surface area (Å²) in [5.41, 5.74) is 2.97. The van der Waals surface area contributed by atoms with E-state index in [0.29, 0.717) is 21.5 Å². The Morgan fingerprint density at radius 2 is 1.64 bits per heavy atom. The Hall–Kier alpha value is -1.43. The number of aliphatic hydroxyl groups excluding tert-OH is 2. The van der Waals surface area contributed by atoms with Crippen molar-refractivity contribution in [1.29, 1.82) is 0 Å². The second-order valence-corrected chi connectivity index (χ2v) is 7.80. The third-order valence-corrected chi connectivity index (χ3v) is 5.10. The minimum atomic E-state index is -0.902. The van der Waals surface area contributed by atoms with Gasteiger partial charge in [-0.1, -0.05) is 60.8 Å². The molecule has 28 heavy (non-hydrogen) atoms.